The maximum Gasteiger partial charge on any atom is 0.146 e. The zero-order valence-electron chi connectivity index (χ0n) is 12.0. The number of rotatable bonds is 5. The van der Waals surface area contributed by atoms with Crippen molar-refractivity contribution < 1.29 is 4.43 Å². The van der Waals surface area contributed by atoms with E-state index in [-0.39, 0.29) is 5.60 Å². The van der Waals surface area contributed by atoms with Gasteiger partial charge in [0.25, 0.3) is 0 Å². The minimum absolute atomic E-state index is 0.0669. The Morgan fingerprint density at radius 2 is 1.32 bits per heavy atom. The molecule has 0 amide bonds. The zero-order valence-corrected chi connectivity index (χ0v) is 14.0. The predicted molar refractivity (Wildman–Crippen MR) is 84.4 cm³/mol. The van der Waals surface area contributed by atoms with Crippen LogP contribution in [0.1, 0.15) is 37.3 Å². The molecule has 0 saturated heterocycles. The van der Waals surface area contributed by atoms with E-state index >= 15 is 0 Å². The van der Waals surface area contributed by atoms with Gasteiger partial charge < -0.3 is 4.43 Å². The Hall–Kier alpha value is -1.38. The average molecular weight is 270 g/mol. The van der Waals surface area contributed by atoms with E-state index in [1.165, 1.54) is 11.1 Å². The van der Waals surface area contributed by atoms with Crippen LogP contribution < -0.4 is 0 Å². The van der Waals surface area contributed by atoms with Crippen molar-refractivity contribution in [3.8, 4) is 0 Å². The van der Waals surface area contributed by atoms with E-state index in [0.717, 1.165) is 16.9 Å². The highest BCUT2D eigenvalue weighted by Gasteiger charge is 2.24. The highest BCUT2D eigenvalue weighted by molar-refractivity contribution is 5.98. The monoisotopic (exact) mass is 270 g/mol. The van der Waals surface area contributed by atoms with E-state index in [9.17, 15) is 0 Å². The fourth-order valence-electron chi connectivity index (χ4n) is 2.37. The Morgan fingerprint density at radius 1 is 0.895 bits per heavy atom. The maximum atomic E-state index is 5.75. The molecule has 0 saturated carbocycles. The molecule has 100 valence electrons. The molecule has 2 aromatic carbocycles. The van der Waals surface area contributed by atoms with Crippen LogP contribution in [0, 0.1) is 0 Å². The molecule has 0 radical (unpaired) electrons. The Bertz CT molecular complexity index is 454. The van der Waals surface area contributed by atoms with Gasteiger partial charge in [0.1, 0.15) is 10.5 Å². The Balaban J connectivity index is 2.35. The summed E-state index contributed by atoms with van der Waals surface area (Å²) < 4.78 is 5.75. The molecule has 0 aliphatic rings. The molecule has 0 unspecified atom stereocenters. The summed E-state index contributed by atoms with van der Waals surface area (Å²) in [5.74, 6) is 0.395. The van der Waals surface area contributed by atoms with Gasteiger partial charge in [-0.25, -0.2) is 0 Å². The molecular weight excluding hydrogens is 248 g/mol. The van der Waals surface area contributed by atoms with Crippen molar-refractivity contribution in [3.63, 3.8) is 0 Å². The molecule has 2 aromatic rings. The Morgan fingerprint density at radius 3 is 1.68 bits per heavy atom. The summed E-state index contributed by atoms with van der Waals surface area (Å²) >= 11 is 0. The normalized spacial score (nSPS) is 11.9. The SMILES string of the molecule is CC(C)(CC(c1ccccc1)c1ccccc1)O[SiH3]. The van der Waals surface area contributed by atoms with E-state index in [1.54, 1.807) is 0 Å². The second kappa shape index (κ2) is 6.18. The summed E-state index contributed by atoms with van der Waals surface area (Å²) in [7, 11) is 0.778. The predicted octanol–water partition coefficient (Wildman–Crippen LogP) is 3.28. The van der Waals surface area contributed by atoms with Gasteiger partial charge in [-0.1, -0.05) is 60.7 Å². The number of hydrogen-bond acceptors (Lipinski definition) is 1. The standard InChI is InChI=1S/C17H22OSi/c1-17(2,18-19)13-16(14-9-5-3-6-10-14)15-11-7-4-8-12-15/h3-12,16H,13H2,1-2,19H3. The average Bonchev–Trinajstić information content (AvgIpc) is 2.47. The Labute approximate surface area is 119 Å². The molecule has 19 heavy (non-hydrogen) atoms. The lowest BCUT2D eigenvalue weighted by atomic mass is 9.83. The smallest absolute Gasteiger partial charge is 0.146 e. The van der Waals surface area contributed by atoms with Gasteiger partial charge >= 0.3 is 0 Å². The molecule has 0 aliphatic heterocycles. The first kappa shape index (κ1) is 14.0. The molecule has 0 fully saturated rings. The summed E-state index contributed by atoms with van der Waals surface area (Å²) in [6, 6.07) is 21.4. The second-order valence-electron chi connectivity index (χ2n) is 5.54. The quantitative estimate of drug-likeness (QED) is 0.758. The summed E-state index contributed by atoms with van der Waals surface area (Å²) in [6.45, 7) is 4.36. The maximum absolute atomic E-state index is 5.75. The number of hydrogen-bond donors (Lipinski definition) is 0. The van der Waals surface area contributed by atoms with E-state index in [4.69, 9.17) is 4.43 Å². The largest absolute Gasteiger partial charge is 0.423 e. The molecule has 0 heterocycles. The van der Waals surface area contributed by atoms with Gasteiger partial charge in [0, 0.05) is 5.92 Å². The van der Waals surface area contributed by atoms with Gasteiger partial charge in [-0.05, 0) is 31.4 Å². The molecule has 2 rings (SSSR count). The van der Waals surface area contributed by atoms with E-state index in [0.29, 0.717) is 5.92 Å². The summed E-state index contributed by atoms with van der Waals surface area (Å²) in [5, 5.41) is 0. The lowest BCUT2D eigenvalue weighted by molar-refractivity contribution is 0.107. The highest BCUT2D eigenvalue weighted by Crippen LogP contribution is 2.33. The molecule has 0 atom stereocenters. The van der Waals surface area contributed by atoms with Crippen LogP contribution in [-0.2, 0) is 4.43 Å². The molecule has 2 heteroatoms. The van der Waals surface area contributed by atoms with Gasteiger partial charge in [-0.2, -0.15) is 0 Å². The van der Waals surface area contributed by atoms with Gasteiger partial charge in [-0.3, -0.25) is 0 Å². The zero-order chi connectivity index (χ0) is 13.7. The van der Waals surface area contributed by atoms with Crippen molar-refractivity contribution in [2.75, 3.05) is 0 Å². The van der Waals surface area contributed by atoms with Crippen molar-refractivity contribution in [1.82, 2.24) is 0 Å². The lowest BCUT2D eigenvalue weighted by Gasteiger charge is -2.30. The first-order chi connectivity index (χ1) is 9.12. The van der Waals surface area contributed by atoms with Crippen LogP contribution in [0.3, 0.4) is 0 Å². The van der Waals surface area contributed by atoms with Crippen LogP contribution in [0.25, 0.3) is 0 Å². The Kier molecular flexibility index (Phi) is 4.56. The number of benzene rings is 2. The molecule has 0 spiro atoms. The fraction of sp³-hybridized carbons (Fsp3) is 0.294. The third-order valence-electron chi connectivity index (χ3n) is 3.65. The van der Waals surface area contributed by atoms with E-state index in [2.05, 4.69) is 74.5 Å². The van der Waals surface area contributed by atoms with Crippen molar-refractivity contribution >= 4 is 10.5 Å². The van der Waals surface area contributed by atoms with Crippen LogP contribution in [0.2, 0.25) is 0 Å². The van der Waals surface area contributed by atoms with E-state index < -0.39 is 0 Å². The van der Waals surface area contributed by atoms with E-state index in [1.807, 2.05) is 0 Å². The fourth-order valence-corrected chi connectivity index (χ4v) is 2.54. The van der Waals surface area contributed by atoms with Crippen LogP contribution in [-0.4, -0.2) is 16.1 Å². The lowest BCUT2D eigenvalue weighted by Crippen LogP contribution is -2.26. The van der Waals surface area contributed by atoms with Crippen LogP contribution in [0.4, 0.5) is 0 Å². The summed E-state index contributed by atoms with van der Waals surface area (Å²) in [4.78, 5) is 0. The molecule has 0 aromatic heterocycles. The molecule has 1 nitrogen and oxygen atoms in total. The van der Waals surface area contributed by atoms with Crippen LogP contribution >= 0.6 is 0 Å². The molecule has 0 aliphatic carbocycles. The van der Waals surface area contributed by atoms with Crippen molar-refractivity contribution in [2.45, 2.75) is 31.8 Å². The highest BCUT2D eigenvalue weighted by atomic mass is 28.2. The first-order valence-electron chi connectivity index (χ1n) is 6.77. The van der Waals surface area contributed by atoms with Gasteiger partial charge in [0.15, 0.2) is 0 Å². The topological polar surface area (TPSA) is 9.23 Å². The van der Waals surface area contributed by atoms with Gasteiger partial charge in [-0.15, -0.1) is 0 Å². The second-order valence-corrected chi connectivity index (χ2v) is 5.95. The molecule has 0 bridgehead atoms. The third-order valence-corrected chi connectivity index (χ3v) is 4.76. The van der Waals surface area contributed by atoms with Crippen molar-refractivity contribution in [1.29, 1.82) is 0 Å². The van der Waals surface area contributed by atoms with Crippen molar-refractivity contribution in [3.05, 3.63) is 71.8 Å². The van der Waals surface area contributed by atoms with Crippen LogP contribution in [0.15, 0.2) is 60.7 Å². The first-order valence-corrected chi connectivity index (χ1v) is 7.59. The van der Waals surface area contributed by atoms with Crippen LogP contribution in [0.5, 0.6) is 0 Å². The molecule has 0 N–H and O–H groups in total. The molecular formula is C17H22OSi. The summed E-state index contributed by atoms with van der Waals surface area (Å²) in [6.07, 6.45) is 1.00. The third kappa shape index (κ3) is 3.79. The van der Waals surface area contributed by atoms with Gasteiger partial charge in [0.2, 0.25) is 0 Å². The van der Waals surface area contributed by atoms with Crippen molar-refractivity contribution in [2.24, 2.45) is 0 Å². The van der Waals surface area contributed by atoms with Gasteiger partial charge in [0.05, 0.1) is 5.60 Å². The minimum atomic E-state index is -0.0669. The minimum Gasteiger partial charge on any atom is -0.423 e. The summed E-state index contributed by atoms with van der Waals surface area (Å²) in [5.41, 5.74) is 2.66.